The summed E-state index contributed by atoms with van der Waals surface area (Å²) in [5.41, 5.74) is 4.64. The number of hydrogen-bond donors (Lipinski definition) is 2. The van der Waals surface area contributed by atoms with Gasteiger partial charge in [-0.25, -0.2) is 18.8 Å². The highest BCUT2D eigenvalue weighted by molar-refractivity contribution is 7.52. The summed E-state index contributed by atoms with van der Waals surface area (Å²) in [5.74, 6) is 0.0772. The van der Waals surface area contributed by atoms with Crippen LogP contribution in [0, 0.1) is 0 Å². The molecule has 0 spiro atoms. The maximum absolute atomic E-state index is 14.5. The van der Waals surface area contributed by atoms with Gasteiger partial charge in [-0.3, -0.25) is 9.09 Å². The molecule has 1 saturated heterocycles. The van der Waals surface area contributed by atoms with E-state index in [1.54, 1.807) is 30.3 Å². The van der Waals surface area contributed by atoms with Gasteiger partial charge in [0.1, 0.15) is 24.0 Å². The molecule has 4 atom stereocenters. The zero-order valence-electron chi connectivity index (χ0n) is 15.5. The molecule has 2 heterocycles. The number of hydrogen-bond acceptors (Lipinski definition) is 8. The smallest absolute Gasteiger partial charge is 0.413 e. The number of benzene rings is 1. The van der Waals surface area contributed by atoms with Gasteiger partial charge in [-0.05, 0) is 12.1 Å². The Labute approximate surface area is 175 Å². The van der Waals surface area contributed by atoms with Crippen molar-refractivity contribution in [2.24, 2.45) is 0 Å². The number of halogens is 2. The van der Waals surface area contributed by atoms with Crippen molar-refractivity contribution in [3.8, 4) is 5.75 Å². The molecule has 0 saturated carbocycles. The third kappa shape index (κ3) is 5.44. The van der Waals surface area contributed by atoms with Gasteiger partial charge < -0.3 is 19.8 Å². The van der Waals surface area contributed by atoms with Gasteiger partial charge in [0.25, 0.3) is 0 Å². The lowest BCUT2D eigenvalue weighted by molar-refractivity contribution is -0.107. The van der Waals surface area contributed by atoms with E-state index >= 15 is 0 Å². The number of anilines is 1. The summed E-state index contributed by atoms with van der Waals surface area (Å²) in [7, 11) is -3.95. The molecule has 1 aliphatic heterocycles. The first-order valence-corrected chi connectivity index (χ1v) is 10.7. The number of ether oxygens (including phenoxy) is 1. The Morgan fingerprint density at radius 3 is 2.87 bits per heavy atom. The summed E-state index contributed by atoms with van der Waals surface area (Å²) in [4.78, 5) is 26.2. The van der Waals surface area contributed by atoms with Crippen LogP contribution in [0.2, 0.25) is 5.02 Å². The number of para-hydroxylation sites is 1. The van der Waals surface area contributed by atoms with Crippen LogP contribution in [0.4, 0.5) is 10.2 Å². The average Bonchev–Trinajstić information content (AvgIpc) is 3.09. The standard InChI is InChI=1S/C17H19ClFN4O6P/c18-13-9-23(17(25)22-15(13)20)16-14(19)8-12(28-16)10-27-30(26,21-6-7-24)29-11-4-2-1-3-5-11/h1-5,7,9,12,14,16H,6,8,10H2,(H,21,26)(H2,20,22,25). The van der Waals surface area contributed by atoms with Crippen molar-refractivity contribution in [1.29, 1.82) is 0 Å². The summed E-state index contributed by atoms with van der Waals surface area (Å²) >= 11 is 5.85. The number of aldehydes is 1. The van der Waals surface area contributed by atoms with Crippen LogP contribution in [0.1, 0.15) is 12.6 Å². The fraction of sp³-hybridized carbons (Fsp3) is 0.353. The number of aromatic nitrogens is 2. The zero-order chi connectivity index (χ0) is 21.7. The van der Waals surface area contributed by atoms with Crippen molar-refractivity contribution >= 4 is 31.5 Å². The lowest BCUT2D eigenvalue weighted by atomic mass is 10.2. The molecule has 3 N–H and O–H groups in total. The Hall–Kier alpha value is -2.30. The van der Waals surface area contributed by atoms with E-state index < -0.39 is 31.9 Å². The predicted octanol–water partition coefficient (Wildman–Crippen LogP) is 2.10. The monoisotopic (exact) mass is 460 g/mol. The van der Waals surface area contributed by atoms with Gasteiger partial charge in [-0.15, -0.1) is 0 Å². The Bertz CT molecular complexity index is 994. The Morgan fingerprint density at radius 1 is 1.43 bits per heavy atom. The number of nitrogens with two attached hydrogens (primary N) is 1. The molecule has 1 aliphatic rings. The van der Waals surface area contributed by atoms with Gasteiger partial charge in [-0.2, -0.15) is 4.98 Å². The number of carbonyl (C=O) groups excluding carboxylic acids is 1. The van der Waals surface area contributed by atoms with Crippen molar-refractivity contribution in [2.75, 3.05) is 18.9 Å². The second-order valence-corrected chi connectivity index (χ2v) is 8.45. The molecule has 1 aromatic carbocycles. The Kier molecular flexibility index (Phi) is 7.22. The first kappa shape index (κ1) is 22.4. The van der Waals surface area contributed by atoms with Crippen molar-refractivity contribution in [3.63, 3.8) is 0 Å². The zero-order valence-corrected chi connectivity index (χ0v) is 17.2. The number of nitrogens with zero attached hydrogens (tertiary/aromatic N) is 2. The molecule has 0 bridgehead atoms. The van der Waals surface area contributed by atoms with E-state index in [4.69, 9.17) is 31.1 Å². The van der Waals surface area contributed by atoms with Gasteiger partial charge in [0.2, 0.25) is 0 Å². The van der Waals surface area contributed by atoms with Crippen LogP contribution in [0.15, 0.2) is 41.3 Å². The predicted molar refractivity (Wildman–Crippen MR) is 106 cm³/mol. The minimum Gasteiger partial charge on any atom is -0.413 e. The SMILES string of the molecule is Nc1nc(=O)n(C2OC(COP(=O)(NCC=O)Oc3ccccc3)CC2F)cc1Cl. The van der Waals surface area contributed by atoms with E-state index in [1.165, 1.54) is 0 Å². The minimum atomic E-state index is -3.95. The number of nitrogens with one attached hydrogen (secondary N) is 1. The molecule has 1 fully saturated rings. The largest absolute Gasteiger partial charge is 0.459 e. The van der Waals surface area contributed by atoms with Crippen molar-refractivity contribution in [1.82, 2.24) is 14.6 Å². The highest BCUT2D eigenvalue weighted by Crippen LogP contribution is 2.45. The van der Waals surface area contributed by atoms with Crippen LogP contribution in [-0.2, 0) is 18.6 Å². The fourth-order valence-electron chi connectivity index (χ4n) is 2.75. The topological polar surface area (TPSA) is 135 Å². The normalized spacial score (nSPS) is 23.1. The number of rotatable bonds is 9. The molecule has 0 amide bonds. The first-order valence-electron chi connectivity index (χ1n) is 8.83. The Morgan fingerprint density at radius 2 is 2.17 bits per heavy atom. The van der Waals surface area contributed by atoms with Crippen LogP contribution >= 0.6 is 19.3 Å². The third-order valence-corrected chi connectivity index (χ3v) is 5.91. The maximum atomic E-state index is 14.5. The molecule has 1 aromatic heterocycles. The summed E-state index contributed by atoms with van der Waals surface area (Å²) in [6.07, 6.45) is -2.23. The van der Waals surface area contributed by atoms with E-state index in [0.29, 0.717) is 6.29 Å². The van der Waals surface area contributed by atoms with Gasteiger partial charge in [0.15, 0.2) is 6.23 Å². The first-order chi connectivity index (χ1) is 14.3. The molecule has 2 aromatic rings. The lowest BCUT2D eigenvalue weighted by Crippen LogP contribution is -2.31. The molecule has 3 rings (SSSR count). The van der Waals surface area contributed by atoms with Crippen molar-refractivity contribution in [3.05, 3.63) is 52.0 Å². The lowest BCUT2D eigenvalue weighted by Gasteiger charge is -2.21. The molecule has 0 radical (unpaired) electrons. The highest BCUT2D eigenvalue weighted by atomic mass is 35.5. The van der Waals surface area contributed by atoms with Gasteiger partial charge in [-0.1, -0.05) is 29.8 Å². The van der Waals surface area contributed by atoms with Crippen LogP contribution in [0.25, 0.3) is 0 Å². The average molecular weight is 461 g/mol. The maximum Gasteiger partial charge on any atom is 0.459 e. The molecule has 10 nitrogen and oxygen atoms in total. The van der Waals surface area contributed by atoms with E-state index in [-0.39, 0.29) is 36.2 Å². The van der Waals surface area contributed by atoms with Gasteiger partial charge >= 0.3 is 13.4 Å². The molecule has 162 valence electrons. The number of nitrogen functional groups attached to an aromatic ring is 1. The summed E-state index contributed by atoms with van der Waals surface area (Å²) < 4.78 is 44.6. The Balaban J connectivity index is 1.68. The van der Waals surface area contributed by atoms with E-state index in [2.05, 4.69) is 10.1 Å². The summed E-state index contributed by atoms with van der Waals surface area (Å²) in [5, 5.41) is 2.37. The molecular formula is C17H19ClFN4O6P. The molecule has 30 heavy (non-hydrogen) atoms. The van der Waals surface area contributed by atoms with Crippen LogP contribution in [0.5, 0.6) is 5.75 Å². The second-order valence-electron chi connectivity index (χ2n) is 6.29. The second kappa shape index (κ2) is 9.67. The summed E-state index contributed by atoms with van der Waals surface area (Å²) in [6, 6.07) is 8.19. The molecule has 13 heteroatoms. The quantitative estimate of drug-likeness (QED) is 0.426. The van der Waals surface area contributed by atoms with Crippen LogP contribution < -0.4 is 21.0 Å². The van der Waals surface area contributed by atoms with Crippen LogP contribution in [-0.4, -0.2) is 41.3 Å². The summed E-state index contributed by atoms with van der Waals surface area (Å²) in [6.45, 7) is -0.604. The van der Waals surface area contributed by atoms with Gasteiger partial charge in [0, 0.05) is 12.6 Å². The minimum absolute atomic E-state index is 0.0241. The fourth-order valence-corrected chi connectivity index (χ4v) is 4.16. The van der Waals surface area contributed by atoms with Crippen molar-refractivity contribution in [2.45, 2.75) is 24.9 Å². The van der Waals surface area contributed by atoms with E-state index in [0.717, 1.165) is 10.8 Å². The third-order valence-electron chi connectivity index (χ3n) is 4.11. The van der Waals surface area contributed by atoms with Crippen LogP contribution in [0.3, 0.4) is 0 Å². The highest BCUT2D eigenvalue weighted by Gasteiger charge is 2.39. The van der Waals surface area contributed by atoms with E-state index in [9.17, 15) is 18.5 Å². The van der Waals surface area contributed by atoms with Gasteiger partial charge in [0.05, 0.1) is 24.3 Å². The molecule has 4 unspecified atom stereocenters. The number of carbonyl (C=O) groups is 1. The van der Waals surface area contributed by atoms with E-state index in [1.807, 2.05) is 0 Å². The molecular weight excluding hydrogens is 442 g/mol. The van der Waals surface area contributed by atoms with Crippen molar-refractivity contribution < 1.29 is 27.5 Å². The number of alkyl halides is 1. The molecule has 0 aliphatic carbocycles.